The molecule has 12 heteroatoms. The molecule has 0 fully saturated rings. The molecule has 0 saturated carbocycles. The molecule has 0 amide bonds. The van der Waals surface area contributed by atoms with Gasteiger partial charge in [0.05, 0.1) is 22.5 Å². The predicted octanol–water partition coefficient (Wildman–Crippen LogP) is 5.49. The van der Waals surface area contributed by atoms with Gasteiger partial charge in [0.2, 0.25) is 0 Å². The van der Waals surface area contributed by atoms with Gasteiger partial charge in [-0.05, 0) is 60.7 Å². The van der Waals surface area contributed by atoms with E-state index in [-0.39, 0.29) is 34.1 Å². The number of rotatable bonds is 7. The van der Waals surface area contributed by atoms with Crippen molar-refractivity contribution in [3.8, 4) is 0 Å². The fourth-order valence-electron chi connectivity index (χ4n) is 2.35. The first-order valence-electron chi connectivity index (χ1n) is 8.35. The average molecular weight is 411 g/mol. The Kier molecular flexibility index (Phi) is 6.06. The van der Waals surface area contributed by atoms with Crippen LogP contribution in [0.1, 0.15) is 20.7 Å². The van der Waals surface area contributed by atoms with Crippen LogP contribution in [0.4, 0.5) is 31.6 Å². The molecule has 0 radical (unpaired) electrons. The third-order valence-corrected chi connectivity index (χ3v) is 3.83. The highest BCUT2D eigenvalue weighted by Crippen LogP contribution is 2.29. The zero-order valence-corrected chi connectivity index (χ0v) is 15.1. The van der Waals surface area contributed by atoms with E-state index in [1.54, 1.807) is 0 Å². The van der Waals surface area contributed by atoms with Crippen molar-refractivity contribution in [3.05, 3.63) is 71.8 Å². The normalized spacial score (nSPS) is 11.3. The van der Waals surface area contributed by atoms with E-state index < -0.39 is 19.3 Å². The maximum atomic E-state index is 13.5. The van der Waals surface area contributed by atoms with E-state index in [1.807, 2.05) is 0 Å². The van der Waals surface area contributed by atoms with E-state index in [2.05, 4.69) is 20.5 Å². The average Bonchev–Trinajstić information content (AvgIpc) is 3.14. The Labute approximate surface area is 168 Å². The van der Waals surface area contributed by atoms with Gasteiger partial charge in [0, 0.05) is 0 Å². The third-order valence-electron chi connectivity index (χ3n) is 3.83. The van der Waals surface area contributed by atoms with Crippen LogP contribution in [0.15, 0.2) is 81.1 Å². The molecule has 3 aromatic rings. The highest BCUT2D eigenvalue weighted by molar-refractivity contribution is 6.42. The van der Waals surface area contributed by atoms with Crippen LogP contribution in [0.25, 0.3) is 0 Å². The number of nitrogens with zero attached hydrogens (tertiary/aromatic N) is 5. The van der Waals surface area contributed by atoms with Gasteiger partial charge in [0.15, 0.2) is 0 Å². The monoisotopic (exact) mass is 411 g/mol. The fraction of sp³-hybridized carbons (Fsp3) is 0. The number of hydrogen-bond donors (Lipinski definition) is 2. The maximum Gasteiger partial charge on any atom is 0.680 e. The molecule has 0 unspecified atom stereocenters. The number of carbonyl (C=O) groups is 2. The molecule has 2 N–H and O–H groups in total. The van der Waals surface area contributed by atoms with Crippen LogP contribution >= 0.6 is 0 Å². The lowest BCUT2D eigenvalue weighted by Gasteiger charge is -2.02. The molecule has 0 aliphatic heterocycles. The smallest absolute Gasteiger partial charge is 0.478 e. The Morgan fingerprint density at radius 3 is 1.33 bits per heavy atom. The molecule has 9 nitrogen and oxygen atoms in total. The molecule has 0 atom stereocenters. The molecular weight excluding hydrogens is 399 g/mol. The van der Waals surface area contributed by atoms with E-state index >= 15 is 0 Å². The minimum Gasteiger partial charge on any atom is -0.478 e. The maximum absolute atomic E-state index is 13.5. The number of aromatic nitrogens is 1. The Morgan fingerprint density at radius 1 is 0.667 bits per heavy atom. The van der Waals surface area contributed by atoms with Crippen molar-refractivity contribution in [1.29, 1.82) is 0 Å². The van der Waals surface area contributed by atoms with Crippen LogP contribution in [-0.4, -0.2) is 34.0 Å². The van der Waals surface area contributed by atoms with E-state index in [9.17, 15) is 18.2 Å². The zero-order valence-electron chi connectivity index (χ0n) is 15.1. The minimum absolute atomic E-state index is 0.0593. The number of benzene rings is 2. The van der Waals surface area contributed by atoms with Crippen molar-refractivity contribution in [2.75, 3.05) is 0 Å². The van der Waals surface area contributed by atoms with Crippen LogP contribution in [0.2, 0.25) is 0 Å². The summed E-state index contributed by atoms with van der Waals surface area (Å²) < 4.78 is 27.5. The first-order valence-corrected chi connectivity index (χ1v) is 8.35. The van der Waals surface area contributed by atoms with Crippen molar-refractivity contribution in [2.45, 2.75) is 0 Å². The molecule has 0 aliphatic carbocycles. The second-order valence-corrected chi connectivity index (χ2v) is 5.80. The van der Waals surface area contributed by atoms with Crippen molar-refractivity contribution in [3.63, 3.8) is 0 Å². The van der Waals surface area contributed by atoms with Crippen LogP contribution in [0.5, 0.6) is 0 Å². The molecule has 2 aromatic carbocycles. The van der Waals surface area contributed by atoms with Gasteiger partial charge in [0.25, 0.3) is 0 Å². The lowest BCUT2D eigenvalue weighted by molar-refractivity contribution is 0.0686. The summed E-state index contributed by atoms with van der Waals surface area (Å²) in [5.74, 6) is -2.56. The summed E-state index contributed by atoms with van der Waals surface area (Å²) in [6, 6.07) is 13.4. The molecule has 30 heavy (non-hydrogen) atoms. The lowest BCUT2D eigenvalue weighted by Crippen LogP contribution is -2.11. The van der Waals surface area contributed by atoms with Crippen LogP contribution in [-0.2, 0) is 0 Å². The molecule has 150 valence electrons. The van der Waals surface area contributed by atoms with Crippen molar-refractivity contribution in [2.24, 2.45) is 20.5 Å². The van der Waals surface area contributed by atoms with Crippen molar-refractivity contribution in [1.82, 2.24) is 4.48 Å². The summed E-state index contributed by atoms with van der Waals surface area (Å²) in [7, 11) is -2.97. The van der Waals surface area contributed by atoms with Gasteiger partial charge in [-0.2, -0.15) is 0 Å². The van der Waals surface area contributed by atoms with E-state index in [4.69, 9.17) is 10.2 Å². The standard InChI is InChI=1S/C18H12BF2N5O4/c20-19(21)26-15(24-22-13-5-1-11(2-6-13)17(27)28)9-10-16(26)25-23-14-7-3-12(4-8-14)18(29)30/h1-10H,(H,27,28)(H,29,30). The first kappa shape index (κ1) is 20.5. The molecule has 1 aromatic heterocycles. The summed E-state index contributed by atoms with van der Waals surface area (Å²) in [6.07, 6.45) is 0. The van der Waals surface area contributed by atoms with Crippen LogP contribution in [0, 0.1) is 0 Å². The number of carboxylic acid groups (broad SMARTS) is 2. The number of azo groups is 2. The van der Waals surface area contributed by atoms with E-state index in [0.717, 1.165) is 0 Å². The topological polar surface area (TPSA) is 129 Å². The fourth-order valence-corrected chi connectivity index (χ4v) is 2.35. The second-order valence-electron chi connectivity index (χ2n) is 5.80. The van der Waals surface area contributed by atoms with Crippen LogP contribution < -0.4 is 0 Å². The molecule has 0 aliphatic rings. The highest BCUT2D eigenvalue weighted by atomic mass is 19.2. The first-order chi connectivity index (χ1) is 14.3. The molecule has 1 heterocycles. The van der Waals surface area contributed by atoms with Gasteiger partial charge in [0.1, 0.15) is 11.6 Å². The molecule has 0 bridgehead atoms. The Balaban J connectivity index is 1.82. The van der Waals surface area contributed by atoms with E-state index in [0.29, 0.717) is 4.48 Å². The number of carboxylic acids is 2. The van der Waals surface area contributed by atoms with Gasteiger partial charge in [-0.15, -0.1) is 20.5 Å². The summed E-state index contributed by atoms with van der Waals surface area (Å²) >= 11 is 0. The van der Waals surface area contributed by atoms with Gasteiger partial charge < -0.3 is 10.2 Å². The Morgan fingerprint density at radius 2 is 1.03 bits per heavy atom. The number of aromatic carboxylic acids is 2. The minimum atomic E-state index is -2.97. The largest absolute Gasteiger partial charge is 0.680 e. The van der Waals surface area contributed by atoms with Gasteiger partial charge in [-0.1, -0.05) is 0 Å². The predicted molar refractivity (Wildman–Crippen MR) is 103 cm³/mol. The van der Waals surface area contributed by atoms with Gasteiger partial charge in [-0.25, -0.2) is 9.59 Å². The van der Waals surface area contributed by atoms with E-state index in [1.165, 1.54) is 60.7 Å². The Bertz CT molecular complexity index is 1040. The summed E-state index contributed by atoms with van der Waals surface area (Å²) in [5, 5.41) is 32.9. The third kappa shape index (κ3) is 4.79. The quantitative estimate of drug-likeness (QED) is 0.394. The van der Waals surface area contributed by atoms with Gasteiger partial charge in [-0.3, -0.25) is 13.1 Å². The SMILES string of the molecule is O=C(O)c1ccc(N=Nc2ccc(N=Nc3ccc(C(=O)O)cc3)n2B(F)F)cc1. The summed E-state index contributed by atoms with van der Waals surface area (Å²) in [4.78, 5) is 21.7. The summed E-state index contributed by atoms with van der Waals surface area (Å²) in [6.45, 7) is 0. The Hall–Kier alpha value is -4.22. The number of hydrogen-bond acceptors (Lipinski definition) is 6. The molecule has 0 spiro atoms. The highest BCUT2D eigenvalue weighted by Gasteiger charge is 2.24. The van der Waals surface area contributed by atoms with Crippen LogP contribution in [0.3, 0.4) is 0 Å². The van der Waals surface area contributed by atoms with Gasteiger partial charge >= 0.3 is 19.3 Å². The molecular formula is C18H12BF2N5O4. The number of halogens is 2. The molecule has 3 rings (SSSR count). The second kappa shape index (κ2) is 8.86. The zero-order chi connectivity index (χ0) is 21.7. The molecule has 0 saturated heterocycles. The lowest BCUT2D eigenvalue weighted by atomic mass is 10.2. The van der Waals surface area contributed by atoms with Crippen molar-refractivity contribution < 1.29 is 28.4 Å². The van der Waals surface area contributed by atoms with Crippen molar-refractivity contribution >= 4 is 42.4 Å². The summed E-state index contributed by atoms with van der Waals surface area (Å²) in [5.41, 5.74) is 0.681.